The van der Waals surface area contributed by atoms with Crippen molar-refractivity contribution in [2.24, 2.45) is 0 Å². The summed E-state index contributed by atoms with van der Waals surface area (Å²) in [5.74, 6) is -0.344. The van der Waals surface area contributed by atoms with Crippen molar-refractivity contribution in [3.63, 3.8) is 0 Å². The Morgan fingerprint density at radius 1 is 1.44 bits per heavy atom. The SMILES string of the molecule is CC(C)(CBr)NC(=O)c1cc(Br)cc([N+](=O)[O-])c1. The smallest absolute Gasteiger partial charge is 0.271 e. The summed E-state index contributed by atoms with van der Waals surface area (Å²) in [6, 6.07) is 4.16. The van der Waals surface area contributed by atoms with Crippen molar-refractivity contribution in [2.45, 2.75) is 19.4 Å². The molecule has 1 rings (SSSR count). The molecule has 0 radical (unpaired) electrons. The topological polar surface area (TPSA) is 72.2 Å². The van der Waals surface area contributed by atoms with Gasteiger partial charge in [-0.25, -0.2) is 0 Å². The van der Waals surface area contributed by atoms with Crippen LogP contribution in [0.1, 0.15) is 24.2 Å². The molecule has 0 aromatic heterocycles. The molecule has 0 saturated carbocycles. The number of benzene rings is 1. The first-order valence-corrected chi connectivity index (χ1v) is 7.00. The Labute approximate surface area is 121 Å². The highest BCUT2D eigenvalue weighted by molar-refractivity contribution is 9.10. The Balaban J connectivity index is 3.03. The van der Waals surface area contributed by atoms with E-state index in [9.17, 15) is 14.9 Å². The van der Waals surface area contributed by atoms with Crippen LogP contribution in [0, 0.1) is 10.1 Å². The van der Waals surface area contributed by atoms with Crippen LogP contribution < -0.4 is 5.32 Å². The zero-order valence-corrected chi connectivity index (χ0v) is 13.0. The molecule has 0 atom stereocenters. The van der Waals surface area contributed by atoms with Gasteiger partial charge in [0, 0.05) is 33.0 Å². The molecule has 0 unspecified atom stereocenters. The first-order valence-electron chi connectivity index (χ1n) is 5.08. The average molecular weight is 380 g/mol. The van der Waals surface area contributed by atoms with Crippen molar-refractivity contribution in [3.8, 4) is 0 Å². The number of halogens is 2. The number of alkyl halides is 1. The van der Waals surface area contributed by atoms with Crippen LogP contribution in [-0.2, 0) is 0 Å². The van der Waals surface area contributed by atoms with Gasteiger partial charge < -0.3 is 5.32 Å². The van der Waals surface area contributed by atoms with Crippen LogP contribution in [0.4, 0.5) is 5.69 Å². The number of carbonyl (C=O) groups excluding carboxylic acids is 1. The molecule has 0 aliphatic rings. The minimum Gasteiger partial charge on any atom is -0.346 e. The predicted molar refractivity (Wildman–Crippen MR) is 76.1 cm³/mol. The van der Waals surface area contributed by atoms with E-state index in [0.29, 0.717) is 9.80 Å². The molecular weight excluding hydrogens is 368 g/mol. The Hall–Kier alpha value is -0.950. The summed E-state index contributed by atoms with van der Waals surface area (Å²) >= 11 is 6.44. The highest BCUT2D eigenvalue weighted by Gasteiger charge is 2.21. The normalized spacial score (nSPS) is 11.1. The Bertz CT molecular complexity index is 489. The van der Waals surface area contributed by atoms with Crippen molar-refractivity contribution in [3.05, 3.63) is 38.3 Å². The standard InChI is InChI=1S/C11H12Br2N2O3/c1-11(2,6-12)14-10(16)7-3-8(13)5-9(4-7)15(17)18/h3-5H,6H2,1-2H3,(H,14,16). The number of nitrogens with one attached hydrogen (secondary N) is 1. The van der Waals surface area contributed by atoms with Crippen LogP contribution in [-0.4, -0.2) is 21.7 Å². The van der Waals surface area contributed by atoms with E-state index in [1.54, 1.807) is 6.07 Å². The summed E-state index contributed by atoms with van der Waals surface area (Å²) in [5.41, 5.74) is -0.287. The summed E-state index contributed by atoms with van der Waals surface area (Å²) in [6.45, 7) is 3.71. The highest BCUT2D eigenvalue weighted by atomic mass is 79.9. The van der Waals surface area contributed by atoms with Gasteiger partial charge in [-0.15, -0.1) is 0 Å². The Morgan fingerprint density at radius 2 is 2.06 bits per heavy atom. The second-order valence-corrected chi connectivity index (χ2v) is 5.90. The molecule has 0 saturated heterocycles. The third-order valence-corrected chi connectivity index (χ3v) is 4.00. The first-order chi connectivity index (χ1) is 8.25. The third kappa shape index (κ3) is 4.06. The molecule has 1 amide bonds. The third-order valence-electron chi connectivity index (χ3n) is 2.14. The predicted octanol–water partition coefficient (Wildman–Crippen LogP) is 3.26. The fourth-order valence-corrected chi connectivity index (χ4v) is 1.84. The zero-order valence-electron chi connectivity index (χ0n) is 9.87. The van der Waals surface area contributed by atoms with Crippen molar-refractivity contribution in [1.29, 1.82) is 0 Å². The number of hydrogen-bond donors (Lipinski definition) is 1. The fraction of sp³-hybridized carbons (Fsp3) is 0.364. The lowest BCUT2D eigenvalue weighted by Crippen LogP contribution is -2.44. The van der Waals surface area contributed by atoms with Crippen LogP contribution in [0.5, 0.6) is 0 Å². The molecule has 0 bridgehead atoms. The van der Waals surface area contributed by atoms with Gasteiger partial charge >= 0.3 is 0 Å². The highest BCUT2D eigenvalue weighted by Crippen LogP contribution is 2.22. The van der Waals surface area contributed by atoms with E-state index < -0.39 is 10.5 Å². The second-order valence-electron chi connectivity index (χ2n) is 4.43. The number of nitro groups is 1. The van der Waals surface area contributed by atoms with Gasteiger partial charge in [-0.3, -0.25) is 14.9 Å². The molecule has 1 aromatic carbocycles. The van der Waals surface area contributed by atoms with Gasteiger partial charge in [0.2, 0.25) is 0 Å². The molecule has 0 aliphatic heterocycles. The van der Waals surface area contributed by atoms with Gasteiger partial charge in [-0.1, -0.05) is 31.9 Å². The summed E-state index contributed by atoms with van der Waals surface area (Å²) < 4.78 is 0.499. The zero-order chi connectivity index (χ0) is 13.9. The molecule has 1 N–H and O–H groups in total. The number of amides is 1. The first kappa shape index (κ1) is 15.1. The van der Waals surface area contributed by atoms with Crippen LogP contribution >= 0.6 is 31.9 Å². The number of nitro benzene ring substituents is 1. The van der Waals surface area contributed by atoms with E-state index in [-0.39, 0.29) is 17.2 Å². The monoisotopic (exact) mass is 378 g/mol. The lowest BCUT2D eigenvalue weighted by atomic mass is 10.1. The maximum atomic E-state index is 12.0. The summed E-state index contributed by atoms with van der Waals surface area (Å²) in [4.78, 5) is 22.2. The van der Waals surface area contributed by atoms with Crippen LogP contribution in [0.15, 0.2) is 22.7 Å². The average Bonchev–Trinajstić information content (AvgIpc) is 2.27. The van der Waals surface area contributed by atoms with Crippen LogP contribution in [0.2, 0.25) is 0 Å². The van der Waals surface area contributed by atoms with Crippen molar-refractivity contribution >= 4 is 43.5 Å². The maximum absolute atomic E-state index is 12.0. The van der Waals surface area contributed by atoms with E-state index >= 15 is 0 Å². The Kier molecular flexibility index (Phi) is 4.86. The molecule has 98 valence electrons. The van der Waals surface area contributed by atoms with Crippen molar-refractivity contribution < 1.29 is 9.72 Å². The summed E-state index contributed by atoms with van der Waals surface area (Å²) in [7, 11) is 0. The van der Waals surface area contributed by atoms with Gasteiger partial charge in [0.15, 0.2) is 0 Å². The van der Waals surface area contributed by atoms with E-state index in [1.807, 2.05) is 13.8 Å². The summed E-state index contributed by atoms with van der Waals surface area (Å²) in [5, 5.41) is 14.1. The minimum atomic E-state index is -0.531. The number of hydrogen-bond acceptors (Lipinski definition) is 3. The van der Waals surface area contributed by atoms with Gasteiger partial charge in [-0.05, 0) is 19.9 Å². The quantitative estimate of drug-likeness (QED) is 0.495. The van der Waals surface area contributed by atoms with Crippen LogP contribution in [0.3, 0.4) is 0 Å². The number of rotatable bonds is 4. The fourth-order valence-electron chi connectivity index (χ4n) is 1.22. The maximum Gasteiger partial charge on any atom is 0.271 e. The van der Waals surface area contributed by atoms with E-state index in [2.05, 4.69) is 37.2 Å². The molecule has 1 aromatic rings. The number of nitrogens with zero attached hydrogens (tertiary/aromatic N) is 1. The Morgan fingerprint density at radius 3 is 2.56 bits per heavy atom. The molecule has 0 fully saturated rings. The van der Waals surface area contributed by atoms with E-state index in [1.165, 1.54) is 12.1 Å². The van der Waals surface area contributed by atoms with Gasteiger partial charge in [0.25, 0.3) is 11.6 Å². The lowest BCUT2D eigenvalue weighted by Gasteiger charge is -2.23. The van der Waals surface area contributed by atoms with Gasteiger partial charge in [0.1, 0.15) is 0 Å². The van der Waals surface area contributed by atoms with E-state index in [0.717, 1.165) is 0 Å². The van der Waals surface area contributed by atoms with Crippen molar-refractivity contribution in [2.75, 3.05) is 5.33 Å². The largest absolute Gasteiger partial charge is 0.346 e. The molecule has 7 heteroatoms. The van der Waals surface area contributed by atoms with Gasteiger partial charge in [0.05, 0.1) is 4.92 Å². The van der Waals surface area contributed by atoms with Crippen molar-refractivity contribution in [1.82, 2.24) is 5.32 Å². The lowest BCUT2D eigenvalue weighted by molar-refractivity contribution is -0.385. The number of non-ortho nitro benzene ring substituents is 1. The molecule has 0 aliphatic carbocycles. The summed E-state index contributed by atoms with van der Waals surface area (Å²) in [6.07, 6.45) is 0. The second kappa shape index (κ2) is 5.79. The number of carbonyl (C=O) groups is 1. The molecule has 0 heterocycles. The van der Waals surface area contributed by atoms with E-state index in [4.69, 9.17) is 0 Å². The molecular formula is C11H12Br2N2O3. The van der Waals surface area contributed by atoms with Gasteiger partial charge in [-0.2, -0.15) is 0 Å². The molecule has 5 nitrogen and oxygen atoms in total. The molecule has 0 spiro atoms. The minimum absolute atomic E-state index is 0.119. The van der Waals surface area contributed by atoms with Crippen LogP contribution in [0.25, 0.3) is 0 Å². The molecule has 18 heavy (non-hydrogen) atoms.